The molecule has 20 heavy (non-hydrogen) atoms. The smallest absolute Gasteiger partial charge is 0.232 e. The average molecular weight is 271 g/mol. The standard InChI is InChI=1S/C17H18FNO/c1-14-7-9-16(10-8-14)19-12-17(18,20-13-19)11-15-5-3-2-4-6-15/h2-10H,11-13H2,1H3. The molecule has 0 saturated carbocycles. The predicted molar refractivity (Wildman–Crippen MR) is 78.5 cm³/mol. The number of alkyl halides is 1. The summed E-state index contributed by atoms with van der Waals surface area (Å²) in [4.78, 5) is 1.93. The van der Waals surface area contributed by atoms with Crippen molar-refractivity contribution in [2.45, 2.75) is 19.2 Å². The first-order valence-corrected chi connectivity index (χ1v) is 6.83. The van der Waals surface area contributed by atoms with Crippen LogP contribution in [0, 0.1) is 6.92 Å². The van der Waals surface area contributed by atoms with E-state index in [4.69, 9.17) is 4.74 Å². The Morgan fingerprint density at radius 1 is 1.10 bits per heavy atom. The second-order valence-electron chi connectivity index (χ2n) is 5.35. The molecular weight excluding hydrogens is 253 g/mol. The van der Waals surface area contributed by atoms with Crippen molar-refractivity contribution in [3.63, 3.8) is 0 Å². The van der Waals surface area contributed by atoms with Crippen molar-refractivity contribution in [2.24, 2.45) is 0 Å². The number of hydrogen-bond donors (Lipinski definition) is 0. The zero-order valence-electron chi connectivity index (χ0n) is 11.6. The van der Waals surface area contributed by atoms with E-state index < -0.39 is 5.85 Å². The van der Waals surface area contributed by atoms with E-state index in [1.165, 1.54) is 5.56 Å². The summed E-state index contributed by atoms with van der Waals surface area (Å²) in [6.07, 6.45) is 0.288. The first kappa shape index (κ1) is 13.1. The summed E-state index contributed by atoms with van der Waals surface area (Å²) in [5.74, 6) is -1.60. The molecule has 1 saturated heterocycles. The Morgan fingerprint density at radius 3 is 2.50 bits per heavy atom. The lowest BCUT2D eigenvalue weighted by atomic mass is 10.1. The molecule has 1 aliphatic heterocycles. The summed E-state index contributed by atoms with van der Waals surface area (Å²) in [5, 5.41) is 0. The van der Waals surface area contributed by atoms with Crippen molar-refractivity contribution in [3.05, 3.63) is 65.7 Å². The van der Waals surface area contributed by atoms with E-state index in [0.29, 0.717) is 6.73 Å². The highest BCUT2D eigenvalue weighted by Crippen LogP contribution is 2.30. The summed E-state index contributed by atoms with van der Waals surface area (Å²) in [7, 11) is 0. The fourth-order valence-electron chi connectivity index (χ4n) is 2.50. The van der Waals surface area contributed by atoms with Gasteiger partial charge in [-0.15, -0.1) is 0 Å². The van der Waals surface area contributed by atoms with Crippen molar-refractivity contribution >= 4 is 5.69 Å². The molecule has 1 heterocycles. The Balaban J connectivity index is 1.70. The maximum absolute atomic E-state index is 14.7. The summed E-state index contributed by atoms with van der Waals surface area (Å²) in [6, 6.07) is 17.7. The molecule has 0 radical (unpaired) electrons. The van der Waals surface area contributed by atoms with Gasteiger partial charge in [0, 0.05) is 12.1 Å². The molecule has 0 amide bonds. The Morgan fingerprint density at radius 2 is 1.80 bits per heavy atom. The van der Waals surface area contributed by atoms with Crippen LogP contribution in [0.1, 0.15) is 11.1 Å². The van der Waals surface area contributed by atoms with E-state index in [2.05, 4.69) is 0 Å². The highest BCUT2D eigenvalue weighted by Gasteiger charge is 2.39. The van der Waals surface area contributed by atoms with Crippen LogP contribution in [0.4, 0.5) is 10.1 Å². The predicted octanol–water partition coefficient (Wildman–Crippen LogP) is 3.70. The summed E-state index contributed by atoms with van der Waals surface area (Å²) in [5.41, 5.74) is 3.16. The molecule has 3 heteroatoms. The molecule has 1 aliphatic rings. The molecule has 0 aromatic heterocycles. The quantitative estimate of drug-likeness (QED) is 0.844. The minimum Gasteiger partial charge on any atom is -0.343 e. The van der Waals surface area contributed by atoms with Gasteiger partial charge in [0.15, 0.2) is 0 Å². The van der Waals surface area contributed by atoms with Gasteiger partial charge in [0.05, 0.1) is 6.54 Å². The summed E-state index contributed by atoms with van der Waals surface area (Å²) < 4.78 is 20.2. The average Bonchev–Trinajstić information content (AvgIpc) is 2.83. The van der Waals surface area contributed by atoms with Crippen LogP contribution >= 0.6 is 0 Å². The van der Waals surface area contributed by atoms with Crippen LogP contribution in [0.25, 0.3) is 0 Å². The van der Waals surface area contributed by atoms with Crippen LogP contribution < -0.4 is 4.90 Å². The van der Waals surface area contributed by atoms with E-state index in [0.717, 1.165) is 11.3 Å². The molecule has 2 aromatic rings. The zero-order valence-corrected chi connectivity index (χ0v) is 11.6. The molecule has 3 rings (SSSR count). The van der Waals surface area contributed by atoms with Crippen LogP contribution in [-0.2, 0) is 11.2 Å². The monoisotopic (exact) mass is 271 g/mol. The summed E-state index contributed by atoms with van der Waals surface area (Å²) in [6.45, 7) is 2.61. The molecule has 0 spiro atoms. The minimum absolute atomic E-state index is 0.269. The number of halogens is 1. The maximum Gasteiger partial charge on any atom is 0.232 e. The molecule has 1 atom stereocenters. The first-order valence-electron chi connectivity index (χ1n) is 6.83. The maximum atomic E-state index is 14.7. The molecule has 1 unspecified atom stereocenters. The third-order valence-electron chi connectivity index (χ3n) is 3.62. The van der Waals surface area contributed by atoms with E-state index in [1.54, 1.807) is 0 Å². The number of rotatable bonds is 3. The Hall–Kier alpha value is -1.87. The van der Waals surface area contributed by atoms with E-state index >= 15 is 0 Å². The number of nitrogens with zero attached hydrogens (tertiary/aromatic N) is 1. The fraction of sp³-hybridized carbons (Fsp3) is 0.294. The second kappa shape index (κ2) is 5.25. The van der Waals surface area contributed by atoms with E-state index in [9.17, 15) is 4.39 Å². The Bertz CT molecular complexity index is 569. The summed E-state index contributed by atoms with van der Waals surface area (Å²) >= 11 is 0. The molecule has 1 fully saturated rings. The molecule has 0 N–H and O–H groups in total. The van der Waals surface area contributed by atoms with Crippen LogP contribution in [0.15, 0.2) is 54.6 Å². The van der Waals surface area contributed by atoms with Crippen LogP contribution in [-0.4, -0.2) is 19.1 Å². The largest absolute Gasteiger partial charge is 0.343 e. The highest BCUT2D eigenvalue weighted by atomic mass is 19.2. The van der Waals surface area contributed by atoms with Crippen molar-refractivity contribution in [1.82, 2.24) is 0 Å². The lowest BCUT2D eigenvalue weighted by Crippen LogP contribution is -2.32. The van der Waals surface area contributed by atoms with Gasteiger partial charge in [0.2, 0.25) is 5.85 Å². The van der Waals surface area contributed by atoms with Gasteiger partial charge in [0.25, 0.3) is 0 Å². The molecule has 2 aromatic carbocycles. The van der Waals surface area contributed by atoms with Crippen LogP contribution in [0.2, 0.25) is 0 Å². The number of benzene rings is 2. The van der Waals surface area contributed by atoms with Gasteiger partial charge in [-0.05, 0) is 24.6 Å². The van der Waals surface area contributed by atoms with Crippen LogP contribution in [0.5, 0.6) is 0 Å². The molecule has 104 valence electrons. The highest BCUT2D eigenvalue weighted by molar-refractivity contribution is 5.48. The minimum atomic E-state index is -1.60. The zero-order chi connectivity index (χ0) is 14.0. The molecular formula is C17H18FNO. The van der Waals surface area contributed by atoms with Gasteiger partial charge < -0.3 is 9.64 Å². The van der Waals surface area contributed by atoms with Gasteiger partial charge >= 0.3 is 0 Å². The van der Waals surface area contributed by atoms with Gasteiger partial charge in [-0.2, -0.15) is 0 Å². The number of ether oxygens (including phenoxy) is 1. The normalized spacial score (nSPS) is 22.2. The van der Waals surface area contributed by atoms with Crippen molar-refractivity contribution in [1.29, 1.82) is 0 Å². The number of hydrogen-bond acceptors (Lipinski definition) is 2. The van der Waals surface area contributed by atoms with Gasteiger partial charge in [-0.1, -0.05) is 48.0 Å². The van der Waals surface area contributed by atoms with Gasteiger partial charge in [0.1, 0.15) is 6.73 Å². The third kappa shape index (κ3) is 2.83. The lowest BCUT2D eigenvalue weighted by Gasteiger charge is -2.20. The Labute approximate surface area is 118 Å². The van der Waals surface area contributed by atoms with Gasteiger partial charge in [-0.3, -0.25) is 0 Å². The topological polar surface area (TPSA) is 12.5 Å². The lowest BCUT2D eigenvalue weighted by molar-refractivity contribution is -0.0954. The second-order valence-corrected chi connectivity index (χ2v) is 5.35. The third-order valence-corrected chi connectivity index (χ3v) is 3.62. The van der Waals surface area contributed by atoms with Gasteiger partial charge in [-0.25, -0.2) is 4.39 Å². The van der Waals surface area contributed by atoms with E-state index in [1.807, 2.05) is 66.4 Å². The SMILES string of the molecule is Cc1ccc(N2COC(F)(Cc3ccccc3)C2)cc1. The first-order chi connectivity index (χ1) is 9.65. The molecule has 2 nitrogen and oxygen atoms in total. The van der Waals surface area contributed by atoms with Crippen LogP contribution in [0.3, 0.4) is 0 Å². The Kier molecular flexibility index (Phi) is 3.45. The number of anilines is 1. The molecule has 0 aliphatic carbocycles. The van der Waals surface area contributed by atoms with Crippen molar-refractivity contribution in [3.8, 4) is 0 Å². The van der Waals surface area contributed by atoms with E-state index in [-0.39, 0.29) is 13.0 Å². The number of aryl methyl sites for hydroxylation is 1. The fourth-order valence-corrected chi connectivity index (χ4v) is 2.50. The van der Waals surface area contributed by atoms with Crippen molar-refractivity contribution in [2.75, 3.05) is 18.2 Å². The van der Waals surface area contributed by atoms with Crippen molar-refractivity contribution < 1.29 is 9.13 Å². The molecule has 0 bridgehead atoms.